The first-order chi connectivity index (χ1) is 12.0. The normalized spacial score (nSPS) is 12.3. The number of fused-ring (bicyclic) bond motifs is 1. The minimum absolute atomic E-state index is 0.0588. The standard InChI is InChI=1S/C20H29N3O2/c1-5-8-11-14-23(18(24)7-3)17(6-2)19-21-16-13-10-9-12-15(16)20(25)22(19)4/h9-10,12-13,17H,5-8,11,14H2,1-4H3. The lowest BCUT2D eigenvalue weighted by Crippen LogP contribution is -2.38. The highest BCUT2D eigenvalue weighted by Gasteiger charge is 2.26. The summed E-state index contributed by atoms with van der Waals surface area (Å²) in [6, 6.07) is 7.21. The monoisotopic (exact) mass is 343 g/mol. The van der Waals surface area contributed by atoms with Gasteiger partial charge in [-0.1, -0.05) is 45.7 Å². The predicted octanol–water partition coefficient (Wildman–Crippen LogP) is 3.81. The van der Waals surface area contributed by atoms with Crippen LogP contribution in [-0.2, 0) is 11.8 Å². The zero-order valence-electron chi connectivity index (χ0n) is 15.8. The van der Waals surface area contributed by atoms with Crippen LogP contribution in [0.1, 0.15) is 64.7 Å². The first-order valence-electron chi connectivity index (χ1n) is 9.30. The van der Waals surface area contributed by atoms with Crippen molar-refractivity contribution in [2.75, 3.05) is 6.54 Å². The van der Waals surface area contributed by atoms with Crippen LogP contribution in [0.5, 0.6) is 0 Å². The molecule has 2 aromatic rings. The fourth-order valence-electron chi connectivity index (χ4n) is 3.27. The summed E-state index contributed by atoms with van der Waals surface area (Å²) in [5.41, 5.74) is 0.632. The molecular weight excluding hydrogens is 314 g/mol. The van der Waals surface area contributed by atoms with E-state index in [-0.39, 0.29) is 17.5 Å². The van der Waals surface area contributed by atoms with Gasteiger partial charge in [-0.15, -0.1) is 0 Å². The second-order valence-electron chi connectivity index (χ2n) is 6.42. The number of benzene rings is 1. The number of amides is 1. The maximum absolute atomic E-state index is 12.7. The molecule has 0 aliphatic rings. The Kier molecular flexibility index (Phi) is 6.73. The number of rotatable bonds is 8. The molecule has 0 aliphatic carbocycles. The molecule has 0 N–H and O–H groups in total. The number of nitrogens with zero attached hydrogens (tertiary/aromatic N) is 3. The van der Waals surface area contributed by atoms with Crippen molar-refractivity contribution >= 4 is 16.8 Å². The Morgan fingerprint density at radius 1 is 1.20 bits per heavy atom. The molecule has 0 saturated heterocycles. The molecule has 1 aromatic heterocycles. The molecule has 136 valence electrons. The number of unbranched alkanes of at least 4 members (excludes halogenated alkanes) is 2. The number of para-hydroxylation sites is 1. The summed E-state index contributed by atoms with van der Waals surface area (Å²) in [5, 5.41) is 0.614. The van der Waals surface area contributed by atoms with Gasteiger partial charge in [-0.25, -0.2) is 4.98 Å². The van der Waals surface area contributed by atoms with Gasteiger partial charge < -0.3 is 4.90 Å². The molecule has 1 unspecified atom stereocenters. The van der Waals surface area contributed by atoms with E-state index in [1.807, 2.05) is 36.9 Å². The van der Waals surface area contributed by atoms with Gasteiger partial charge in [0.25, 0.3) is 5.56 Å². The van der Waals surface area contributed by atoms with Gasteiger partial charge in [0.05, 0.1) is 16.9 Å². The van der Waals surface area contributed by atoms with Gasteiger partial charge in [-0.3, -0.25) is 14.2 Å². The number of hydrogen-bond acceptors (Lipinski definition) is 3. The van der Waals surface area contributed by atoms with Crippen molar-refractivity contribution in [1.82, 2.24) is 14.5 Å². The maximum Gasteiger partial charge on any atom is 0.261 e. The third-order valence-electron chi connectivity index (χ3n) is 4.70. The second kappa shape index (κ2) is 8.79. The minimum atomic E-state index is -0.174. The third-order valence-corrected chi connectivity index (χ3v) is 4.70. The number of aromatic nitrogens is 2. The van der Waals surface area contributed by atoms with Crippen LogP contribution >= 0.6 is 0 Å². The molecule has 1 aromatic carbocycles. The van der Waals surface area contributed by atoms with Gasteiger partial charge in [0, 0.05) is 20.0 Å². The molecule has 0 radical (unpaired) electrons. The van der Waals surface area contributed by atoms with E-state index in [1.165, 1.54) is 0 Å². The van der Waals surface area contributed by atoms with E-state index in [9.17, 15) is 9.59 Å². The minimum Gasteiger partial charge on any atom is -0.333 e. The summed E-state index contributed by atoms with van der Waals surface area (Å²) >= 11 is 0. The molecule has 0 fully saturated rings. The van der Waals surface area contributed by atoms with Gasteiger partial charge in [-0.2, -0.15) is 0 Å². The summed E-state index contributed by atoms with van der Waals surface area (Å²) in [5.74, 6) is 0.787. The Bertz CT molecular complexity index is 782. The van der Waals surface area contributed by atoms with Crippen LogP contribution in [0.2, 0.25) is 0 Å². The molecule has 1 atom stereocenters. The van der Waals surface area contributed by atoms with Crippen molar-refractivity contribution in [3.05, 3.63) is 40.4 Å². The average molecular weight is 343 g/mol. The smallest absolute Gasteiger partial charge is 0.261 e. The highest BCUT2D eigenvalue weighted by molar-refractivity contribution is 5.78. The lowest BCUT2D eigenvalue weighted by molar-refractivity contribution is -0.133. The molecule has 0 saturated carbocycles. The highest BCUT2D eigenvalue weighted by atomic mass is 16.2. The van der Waals surface area contributed by atoms with E-state index in [2.05, 4.69) is 6.92 Å². The molecule has 0 bridgehead atoms. The first kappa shape index (κ1) is 19.2. The van der Waals surface area contributed by atoms with Crippen LogP contribution in [0, 0.1) is 0 Å². The first-order valence-corrected chi connectivity index (χ1v) is 9.30. The third kappa shape index (κ3) is 4.09. The van der Waals surface area contributed by atoms with Crippen LogP contribution in [-0.4, -0.2) is 26.9 Å². The number of carbonyl (C=O) groups excluding carboxylic acids is 1. The zero-order valence-corrected chi connectivity index (χ0v) is 15.8. The lowest BCUT2D eigenvalue weighted by Gasteiger charge is -2.31. The highest BCUT2D eigenvalue weighted by Crippen LogP contribution is 2.24. The fourth-order valence-corrected chi connectivity index (χ4v) is 3.27. The molecule has 25 heavy (non-hydrogen) atoms. The Labute approximate surface area is 149 Å². The summed E-state index contributed by atoms with van der Waals surface area (Å²) in [6.07, 6.45) is 4.37. The Morgan fingerprint density at radius 3 is 2.56 bits per heavy atom. The van der Waals surface area contributed by atoms with E-state index in [4.69, 9.17) is 4.98 Å². The maximum atomic E-state index is 12.7. The van der Waals surface area contributed by atoms with E-state index < -0.39 is 0 Å². The molecule has 1 amide bonds. The van der Waals surface area contributed by atoms with Crippen molar-refractivity contribution in [3.8, 4) is 0 Å². The zero-order chi connectivity index (χ0) is 18.4. The molecule has 5 heteroatoms. The quantitative estimate of drug-likeness (QED) is 0.685. The largest absolute Gasteiger partial charge is 0.333 e. The van der Waals surface area contributed by atoms with Gasteiger partial charge in [0.2, 0.25) is 5.91 Å². The Hall–Kier alpha value is -2.17. The van der Waals surface area contributed by atoms with E-state index in [1.54, 1.807) is 17.7 Å². The van der Waals surface area contributed by atoms with Crippen LogP contribution < -0.4 is 5.56 Å². The Morgan fingerprint density at radius 2 is 1.92 bits per heavy atom. The van der Waals surface area contributed by atoms with E-state index in [0.717, 1.165) is 25.7 Å². The van der Waals surface area contributed by atoms with Crippen molar-refractivity contribution in [3.63, 3.8) is 0 Å². The second-order valence-corrected chi connectivity index (χ2v) is 6.42. The summed E-state index contributed by atoms with van der Waals surface area (Å²) in [7, 11) is 1.75. The van der Waals surface area contributed by atoms with E-state index in [0.29, 0.717) is 29.7 Å². The SMILES string of the molecule is CCCCCN(C(=O)CC)C(CC)c1nc2ccccc2c(=O)n1C. The summed E-state index contributed by atoms with van der Waals surface area (Å²) in [4.78, 5) is 31.9. The van der Waals surface area contributed by atoms with E-state index >= 15 is 0 Å². The van der Waals surface area contributed by atoms with Crippen LogP contribution in [0.15, 0.2) is 29.1 Å². The van der Waals surface area contributed by atoms with Gasteiger partial charge >= 0.3 is 0 Å². The van der Waals surface area contributed by atoms with Crippen molar-refractivity contribution in [2.45, 2.75) is 58.9 Å². The van der Waals surface area contributed by atoms with Crippen molar-refractivity contribution in [2.24, 2.45) is 7.05 Å². The molecule has 1 heterocycles. The van der Waals surface area contributed by atoms with Crippen molar-refractivity contribution < 1.29 is 4.79 Å². The molecule has 2 rings (SSSR count). The molecule has 0 spiro atoms. The lowest BCUT2D eigenvalue weighted by atomic mass is 10.1. The number of hydrogen-bond donors (Lipinski definition) is 0. The summed E-state index contributed by atoms with van der Waals surface area (Å²) < 4.78 is 1.60. The van der Waals surface area contributed by atoms with Gasteiger partial charge in [0.15, 0.2) is 0 Å². The molecular formula is C20H29N3O2. The molecule has 0 aliphatic heterocycles. The van der Waals surface area contributed by atoms with Crippen LogP contribution in [0.4, 0.5) is 0 Å². The van der Waals surface area contributed by atoms with Crippen LogP contribution in [0.3, 0.4) is 0 Å². The molecule has 5 nitrogen and oxygen atoms in total. The summed E-state index contributed by atoms with van der Waals surface area (Å²) in [6.45, 7) is 6.79. The predicted molar refractivity (Wildman–Crippen MR) is 102 cm³/mol. The average Bonchev–Trinajstić information content (AvgIpc) is 2.64. The Balaban J connectivity index is 2.50. The van der Waals surface area contributed by atoms with Gasteiger partial charge in [-0.05, 0) is 25.0 Å². The van der Waals surface area contributed by atoms with Gasteiger partial charge in [0.1, 0.15) is 5.82 Å². The van der Waals surface area contributed by atoms with Crippen LogP contribution in [0.25, 0.3) is 10.9 Å². The fraction of sp³-hybridized carbons (Fsp3) is 0.550. The topological polar surface area (TPSA) is 55.2 Å². The number of carbonyl (C=O) groups is 1. The van der Waals surface area contributed by atoms with Crippen molar-refractivity contribution in [1.29, 1.82) is 0 Å².